The number of benzene rings is 2. The Balaban J connectivity index is 1.48. The topological polar surface area (TPSA) is 114 Å². The van der Waals surface area contributed by atoms with Gasteiger partial charge in [0.25, 0.3) is 17.7 Å². The molecule has 0 unspecified atom stereocenters. The molecule has 5 amide bonds. The maximum atomic E-state index is 13.1. The van der Waals surface area contributed by atoms with Crippen molar-refractivity contribution in [2.24, 2.45) is 0 Å². The van der Waals surface area contributed by atoms with Crippen LogP contribution in [0.15, 0.2) is 52.5 Å². The molecule has 2 saturated heterocycles. The molecule has 2 fully saturated rings. The number of carbonyl (C=O) groups is 4. The van der Waals surface area contributed by atoms with Crippen LogP contribution < -0.4 is 19.7 Å². The zero-order valence-corrected chi connectivity index (χ0v) is 21.1. The van der Waals surface area contributed by atoms with E-state index in [-0.39, 0.29) is 18.1 Å². The van der Waals surface area contributed by atoms with Crippen LogP contribution in [0.4, 0.5) is 10.5 Å². The van der Waals surface area contributed by atoms with Gasteiger partial charge in [0.15, 0.2) is 6.61 Å². The van der Waals surface area contributed by atoms with E-state index in [1.165, 1.54) is 6.08 Å². The van der Waals surface area contributed by atoms with Crippen molar-refractivity contribution < 1.29 is 33.4 Å². The van der Waals surface area contributed by atoms with Crippen molar-refractivity contribution in [2.75, 3.05) is 44.4 Å². The summed E-state index contributed by atoms with van der Waals surface area (Å²) in [4.78, 5) is 52.9. The lowest BCUT2D eigenvalue weighted by molar-refractivity contribution is -0.137. The summed E-state index contributed by atoms with van der Waals surface area (Å²) in [5, 5.41) is 2.20. The summed E-state index contributed by atoms with van der Waals surface area (Å²) >= 11 is 3.40. The van der Waals surface area contributed by atoms with Crippen molar-refractivity contribution in [3.63, 3.8) is 0 Å². The number of hydrogen-bond donors (Lipinski definition) is 1. The van der Waals surface area contributed by atoms with Crippen molar-refractivity contribution in [1.82, 2.24) is 10.2 Å². The SMILES string of the molecule is CCOc1ccc(N2C(=O)NC(=O)/C(=C\c3ccc(OCC(=O)N4CCOCC4)c(Br)c3)C2=O)cc1. The second kappa shape index (κ2) is 11.4. The van der Waals surface area contributed by atoms with Crippen molar-refractivity contribution in [2.45, 2.75) is 6.92 Å². The number of carbonyl (C=O) groups excluding carboxylic acids is 4. The Hall–Kier alpha value is -3.70. The lowest BCUT2D eigenvalue weighted by Crippen LogP contribution is -2.54. The fraction of sp³-hybridized carbons (Fsp3) is 0.280. The van der Waals surface area contributed by atoms with Crippen molar-refractivity contribution in [3.8, 4) is 11.5 Å². The predicted octanol–water partition coefficient (Wildman–Crippen LogP) is 2.75. The van der Waals surface area contributed by atoms with Gasteiger partial charge >= 0.3 is 6.03 Å². The molecule has 0 aliphatic carbocycles. The van der Waals surface area contributed by atoms with Crippen LogP contribution in [0.1, 0.15) is 12.5 Å². The number of urea groups is 1. The third-order valence-corrected chi connectivity index (χ3v) is 6.11. The van der Waals surface area contributed by atoms with Gasteiger partial charge in [0.2, 0.25) is 0 Å². The van der Waals surface area contributed by atoms with E-state index in [1.807, 2.05) is 6.92 Å². The number of imide groups is 2. The molecule has 0 atom stereocenters. The third-order valence-electron chi connectivity index (χ3n) is 5.49. The average molecular weight is 558 g/mol. The third kappa shape index (κ3) is 5.74. The van der Waals surface area contributed by atoms with Gasteiger partial charge in [-0.05, 0) is 70.9 Å². The van der Waals surface area contributed by atoms with Gasteiger partial charge < -0.3 is 19.1 Å². The quantitative estimate of drug-likeness (QED) is 0.411. The molecule has 10 nitrogen and oxygen atoms in total. The number of hydrogen-bond acceptors (Lipinski definition) is 7. The van der Waals surface area contributed by atoms with Gasteiger partial charge in [0.1, 0.15) is 17.1 Å². The van der Waals surface area contributed by atoms with E-state index >= 15 is 0 Å². The van der Waals surface area contributed by atoms with Crippen LogP contribution >= 0.6 is 15.9 Å². The number of morpholine rings is 1. The first-order valence-corrected chi connectivity index (χ1v) is 12.1. The second-order valence-corrected chi connectivity index (χ2v) is 8.71. The molecule has 0 saturated carbocycles. The van der Waals surface area contributed by atoms with Crippen LogP contribution in [0, 0.1) is 0 Å². The van der Waals surface area contributed by atoms with Crippen molar-refractivity contribution in [3.05, 3.63) is 58.1 Å². The Morgan fingerprint density at radius 1 is 1.08 bits per heavy atom. The molecule has 2 aromatic carbocycles. The molecule has 188 valence electrons. The molecule has 0 radical (unpaired) electrons. The van der Waals surface area contributed by atoms with E-state index in [4.69, 9.17) is 14.2 Å². The molecule has 2 heterocycles. The Labute approximate surface area is 215 Å². The highest BCUT2D eigenvalue weighted by molar-refractivity contribution is 9.10. The number of ether oxygens (including phenoxy) is 3. The van der Waals surface area contributed by atoms with Crippen LogP contribution in [0.2, 0.25) is 0 Å². The highest BCUT2D eigenvalue weighted by Crippen LogP contribution is 2.29. The maximum Gasteiger partial charge on any atom is 0.335 e. The van der Waals surface area contributed by atoms with Gasteiger partial charge in [-0.1, -0.05) is 6.07 Å². The number of nitrogens with one attached hydrogen (secondary N) is 1. The number of amides is 5. The van der Waals surface area contributed by atoms with Crippen LogP contribution in [-0.2, 0) is 19.1 Å². The summed E-state index contributed by atoms with van der Waals surface area (Å²) in [6.07, 6.45) is 1.39. The van der Waals surface area contributed by atoms with E-state index in [2.05, 4.69) is 21.2 Å². The van der Waals surface area contributed by atoms with Gasteiger partial charge in [-0.25, -0.2) is 9.69 Å². The lowest BCUT2D eigenvalue weighted by atomic mass is 10.1. The normalized spacial score (nSPS) is 17.3. The maximum absolute atomic E-state index is 13.1. The van der Waals surface area contributed by atoms with Crippen molar-refractivity contribution >= 4 is 51.4 Å². The van der Waals surface area contributed by atoms with Gasteiger partial charge in [0.05, 0.1) is 30.0 Å². The van der Waals surface area contributed by atoms with E-state index < -0.39 is 17.8 Å². The Bertz CT molecular complexity index is 1210. The first-order valence-electron chi connectivity index (χ1n) is 11.3. The van der Waals surface area contributed by atoms with Gasteiger partial charge in [0, 0.05) is 13.1 Å². The predicted molar refractivity (Wildman–Crippen MR) is 134 cm³/mol. The molecular weight excluding hydrogens is 534 g/mol. The molecule has 2 aliphatic heterocycles. The second-order valence-electron chi connectivity index (χ2n) is 7.86. The van der Waals surface area contributed by atoms with Crippen LogP contribution in [-0.4, -0.2) is 68.2 Å². The average Bonchev–Trinajstić information content (AvgIpc) is 2.87. The van der Waals surface area contributed by atoms with Crippen LogP contribution in [0.3, 0.4) is 0 Å². The Morgan fingerprint density at radius 2 is 1.81 bits per heavy atom. The fourth-order valence-corrected chi connectivity index (χ4v) is 4.20. The van der Waals surface area contributed by atoms with Crippen molar-refractivity contribution in [1.29, 1.82) is 0 Å². The van der Waals surface area contributed by atoms with Gasteiger partial charge in [-0.2, -0.15) is 0 Å². The first-order chi connectivity index (χ1) is 17.4. The van der Waals surface area contributed by atoms with Crippen LogP contribution in [0.25, 0.3) is 6.08 Å². The fourth-order valence-electron chi connectivity index (χ4n) is 3.68. The molecule has 4 rings (SSSR count). The summed E-state index contributed by atoms with van der Waals surface area (Å²) in [5.74, 6) is -0.652. The minimum atomic E-state index is -0.832. The molecule has 36 heavy (non-hydrogen) atoms. The zero-order chi connectivity index (χ0) is 25.7. The number of halogens is 1. The number of barbiturate groups is 1. The van der Waals surface area contributed by atoms with E-state index in [9.17, 15) is 19.2 Å². The molecule has 2 aromatic rings. The number of anilines is 1. The van der Waals surface area contributed by atoms with Gasteiger partial charge in [-0.3, -0.25) is 19.7 Å². The monoisotopic (exact) mass is 557 g/mol. The Kier molecular flexibility index (Phi) is 8.01. The summed E-state index contributed by atoms with van der Waals surface area (Å²) in [6, 6.07) is 10.5. The number of rotatable bonds is 7. The summed E-state index contributed by atoms with van der Waals surface area (Å²) in [6.45, 7) is 4.27. The van der Waals surface area contributed by atoms with E-state index in [0.29, 0.717) is 60.1 Å². The largest absolute Gasteiger partial charge is 0.494 e. The highest BCUT2D eigenvalue weighted by Gasteiger charge is 2.36. The molecule has 11 heteroatoms. The lowest BCUT2D eigenvalue weighted by Gasteiger charge is -2.27. The molecular formula is C25H24BrN3O7. The minimum Gasteiger partial charge on any atom is -0.494 e. The minimum absolute atomic E-state index is 0.126. The first kappa shape index (κ1) is 25.4. The summed E-state index contributed by atoms with van der Waals surface area (Å²) in [7, 11) is 0. The van der Waals surface area contributed by atoms with Crippen LogP contribution in [0.5, 0.6) is 11.5 Å². The molecule has 2 aliphatic rings. The molecule has 0 bridgehead atoms. The van der Waals surface area contributed by atoms with E-state index in [1.54, 1.807) is 47.4 Å². The smallest absolute Gasteiger partial charge is 0.335 e. The summed E-state index contributed by atoms with van der Waals surface area (Å²) < 4.78 is 16.8. The molecule has 0 spiro atoms. The standard InChI is InChI=1S/C25H24BrN3O7/c1-2-35-18-6-4-17(5-7-18)29-24(32)19(23(31)27-25(29)33)13-16-3-8-21(20(26)14-16)36-15-22(30)28-9-11-34-12-10-28/h3-8,13-14H,2,9-12,15H2,1H3,(H,27,31,33)/b19-13+. The molecule has 0 aromatic heterocycles. The summed E-state index contributed by atoms with van der Waals surface area (Å²) in [5.41, 5.74) is 0.619. The highest BCUT2D eigenvalue weighted by atomic mass is 79.9. The Morgan fingerprint density at radius 3 is 2.47 bits per heavy atom. The van der Waals surface area contributed by atoms with Gasteiger partial charge in [-0.15, -0.1) is 0 Å². The molecule has 1 N–H and O–H groups in total. The van der Waals surface area contributed by atoms with E-state index in [0.717, 1.165) is 4.90 Å². The zero-order valence-electron chi connectivity index (χ0n) is 19.5. The number of nitrogens with zero attached hydrogens (tertiary/aromatic N) is 2.